The Morgan fingerprint density at radius 3 is 1.78 bits per heavy atom. The molecule has 2 rings (SSSR count). The van der Waals surface area contributed by atoms with Gasteiger partial charge in [0.15, 0.2) is 0 Å². The zero-order chi connectivity index (χ0) is 16.5. The molecule has 0 saturated heterocycles. The Hall–Kier alpha value is -2.28. The molecule has 0 amide bonds. The Kier molecular flexibility index (Phi) is 6.68. The van der Waals surface area contributed by atoms with Crippen molar-refractivity contribution in [3.63, 3.8) is 0 Å². The number of anilines is 2. The molecule has 2 aromatic carbocycles. The maximum absolute atomic E-state index is 2.35. The number of hydrogen-bond donors (Lipinski definition) is 0. The van der Waals surface area contributed by atoms with Crippen LogP contribution in [0, 0.1) is 0 Å². The van der Waals surface area contributed by atoms with Gasteiger partial charge in [-0.15, -0.1) is 0 Å². The van der Waals surface area contributed by atoms with Crippen LogP contribution in [0.1, 0.15) is 33.6 Å². The third-order valence-electron chi connectivity index (χ3n) is 3.85. The predicted molar refractivity (Wildman–Crippen MR) is 102 cm³/mol. The van der Waals surface area contributed by atoms with Gasteiger partial charge in [0, 0.05) is 17.9 Å². The molecule has 0 heterocycles. The fourth-order valence-corrected chi connectivity index (χ4v) is 2.51. The van der Waals surface area contributed by atoms with E-state index < -0.39 is 0 Å². The van der Waals surface area contributed by atoms with Crippen molar-refractivity contribution in [1.29, 1.82) is 0 Å². The maximum Gasteiger partial charge on any atom is 0.0414 e. The van der Waals surface area contributed by atoms with E-state index in [4.69, 9.17) is 0 Å². The first-order chi connectivity index (χ1) is 11.2. The van der Waals surface area contributed by atoms with Crippen molar-refractivity contribution in [2.45, 2.75) is 33.6 Å². The highest BCUT2D eigenvalue weighted by Gasteiger charge is 2.06. The van der Waals surface area contributed by atoms with Gasteiger partial charge < -0.3 is 4.90 Å². The normalized spacial score (nSPS) is 11.2. The lowest BCUT2D eigenvalue weighted by atomic mass is 10.1. The standard InChI is InChI=1S/C22H27N/c1-19(2)11-10-12-20(3)17-18-23(21-13-6-4-7-14-21)22-15-8-5-9-16-22/h4-9,11,13-17H,10,12,18H2,1-3H3/b20-17+. The lowest BCUT2D eigenvalue weighted by Crippen LogP contribution is -2.17. The van der Waals surface area contributed by atoms with Crippen molar-refractivity contribution in [2.24, 2.45) is 0 Å². The minimum atomic E-state index is 0.898. The van der Waals surface area contributed by atoms with Crippen LogP contribution < -0.4 is 4.90 Å². The topological polar surface area (TPSA) is 3.24 Å². The Labute approximate surface area is 141 Å². The summed E-state index contributed by atoms with van der Waals surface area (Å²) >= 11 is 0. The molecule has 0 bridgehead atoms. The average molecular weight is 305 g/mol. The van der Waals surface area contributed by atoms with E-state index in [0.29, 0.717) is 0 Å². The highest BCUT2D eigenvalue weighted by molar-refractivity contribution is 5.63. The first-order valence-electron chi connectivity index (χ1n) is 8.33. The summed E-state index contributed by atoms with van der Waals surface area (Å²) in [5.41, 5.74) is 5.30. The van der Waals surface area contributed by atoms with Crippen LogP contribution >= 0.6 is 0 Å². The predicted octanol–water partition coefficient (Wildman–Crippen LogP) is 6.52. The Balaban J connectivity index is 2.11. The van der Waals surface area contributed by atoms with Gasteiger partial charge in [0.25, 0.3) is 0 Å². The summed E-state index contributed by atoms with van der Waals surface area (Å²) in [6, 6.07) is 21.2. The van der Waals surface area contributed by atoms with Crippen LogP contribution in [0.5, 0.6) is 0 Å². The molecule has 0 aromatic heterocycles. The third kappa shape index (κ3) is 5.78. The van der Waals surface area contributed by atoms with Crippen LogP contribution in [0.3, 0.4) is 0 Å². The molecule has 1 nitrogen and oxygen atoms in total. The number of benzene rings is 2. The fourth-order valence-electron chi connectivity index (χ4n) is 2.51. The molecule has 0 aliphatic heterocycles. The minimum absolute atomic E-state index is 0.898. The molecule has 0 saturated carbocycles. The van der Waals surface area contributed by atoms with Crippen LogP contribution in [0.4, 0.5) is 11.4 Å². The molecule has 0 atom stereocenters. The summed E-state index contributed by atoms with van der Waals surface area (Å²) in [6.45, 7) is 7.44. The SMILES string of the molecule is CC(C)=CCC/C(C)=C/CN(c1ccccc1)c1ccccc1. The molecule has 0 aliphatic carbocycles. The van der Waals surface area contributed by atoms with Crippen LogP contribution in [-0.4, -0.2) is 6.54 Å². The lowest BCUT2D eigenvalue weighted by Gasteiger charge is -2.24. The van der Waals surface area contributed by atoms with E-state index in [1.807, 2.05) is 0 Å². The second-order valence-corrected chi connectivity index (χ2v) is 6.15. The molecule has 0 radical (unpaired) electrons. The van der Waals surface area contributed by atoms with Crippen LogP contribution in [0.25, 0.3) is 0 Å². The zero-order valence-electron chi connectivity index (χ0n) is 14.5. The molecule has 120 valence electrons. The summed E-state index contributed by atoms with van der Waals surface area (Å²) in [7, 11) is 0. The molecular weight excluding hydrogens is 278 g/mol. The monoisotopic (exact) mass is 305 g/mol. The minimum Gasteiger partial charge on any atom is -0.338 e. The van der Waals surface area contributed by atoms with Crippen molar-refractivity contribution in [2.75, 3.05) is 11.4 Å². The maximum atomic E-state index is 2.35. The molecule has 0 unspecified atom stereocenters. The van der Waals surface area contributed by atoms with Crippen molar-refractivity contribution < 1.29 is 0 Å². The quantitative estimate of drug-likeness (QED) is 0.526. The Morgan fingerprint density at radius 2 is 1.30 bits per heavy atom. The molecule has 0 aliphatic rings. The molecule has 1 heteroatoms. The van der Waals surface area contributed by atoms with E-state index in [9.17, 15) is 0 Å². The van der Waals surface area contributed by atoms with E-state index >= 15 is 0 Å². The summed E-state index contributed by atoms with van der Waals surface area (Å²) in [5.74, 6) is 0. The smallest absolute Gasteiger partial charge is 0.0414 e. The number of hydrogen-bond acceptors (Lipinski definition) is 1. The van der Waals surface area contributed by atoms with Gasteiger partial charge in [-0.1, -0.05) is 59.7 Å². The number of rotatable bonds is 7. The number of nitrogens with zero attached hydrogens (tertiary/aromatic N) is 1. The zero-order valence-corrected chi connectivity index (χ0v) is 14.5. The van der Waals surface area contributed by atoms with Gasteiger partial charge in [-0.3, -0.25) is 0 Å². The highest BCUT2D eigenvalue weighted by Crippen LogP contribution is 2.25. The van der Waals surface area contributed by atoms with Crippen molar-refractivity contribution in [1.82, 2.24) is 0 Å². The molecule has 0 N–H and O–H groups in total. The van der Waals surface area contributed by atoms with Gasteiger partial charge in [-0.05, 0) is 57.9 Å². The van der Waals surface area contributed by atoms with Gasteiger partial charge in [0.2, 0.25) is 0 Å². The largest absolute Gasteiger partial charge is 0.338 e. The summed E-state index contributed by atoms with van der Waals surface area (Å²) in [5, 5.41) is 0. The van der Waals surface area contributed by atoms with Gasteiger partial charge in [0.1, 0.15) is 0 Å². The summed E-state index contributed by atoms with van der Waals surface area (Å²) in [6.07, 6.45) is 6.91. The third-order valence-corrected chi connectivity index (χ3v) is 3.85. The van der Waals surface area contributed by atoms with E-state index in [2.05, 4.69) is 98.5 Å². The molecule has 2 aromatic rings. The molecular formula is C22H27N. The second-order valence-electron chi connectivity index (χ2n) is 6.15. The Bertz CT molecular complexity index is 595. The second kappa shape index (κ2) is 8.99. The molecule has 0 fully saturated rings. The summed E-state index contributed by atoms with van der Waals surface area (Å²) in [4.78, 5) is 2.35. The number of para-hydroxylation sites is 2. The fraction of sp³-hybridized carbons (Fsp3) is 0.273. The van der Waals surface area contributed by atoms with Gasteiger partial charge >= 0.3 is 0 Å². The summed E-state index contributed by atoms with van der Waals surface area (Å²) < 4.78 is 0. The van der Waals surface area contributed by atoms with Crippen molar-refractivity contribution in [3.05, 3.63) is 84.0 Å². The van der Waals surface area contributed by atoms with E-state index in [1.165, 1.54) is 22.5 Å². The van der Waals surface area contributed by atoms with E-state index in [0.717, 1.165) is 19.4 Å². The number of allylic oxidation sites excluding steroid dienone is 3. The molecule has 0 spiro atoms. The van der Waals surface area contributed by atoms with Crippen LogP contribution in [0.2, 0.25) is 0 Å². The first kappa shape index (κ1) is 17.1. The Morgan fingerprint density at radius 1 is 0.783 bits per heavy atom. The lowest BCUT2D eigenvalue weighted by molar-refractivity contribution is 0.950. The highest BCUT2D eigenvalue weighted by atomic mass is 15.1. The average Bonchev–Trinajstić information content (AvgIpc) is 2.57. The van der Waals surface area contributed by atoms with Gasteiger partial charge in [-0.25, -0.2) is 0 Å². The van der Waals surface area contributed by atoms with E-state index in [-0.39, 0.29) is 0 Å². The van der Waals surface area contributed by atoms with Crippen molar-refractivity contribution >= 4 is 11.4 Å². The van der Waals surface area contributed by atoms with Crippen molar-refractivity contribution in [3.8, 4) is 0 Å². The van der Waals surface area contributed by atoms with E-state index in [1.54, 1.807) is 0 Å². The first-order valence-corrected chi connectivity index (χ1v) is 8.33. The van der Waals surface area contributed by atoms with Gasteiger partial charge in [-0.2, -0.15) is 0 Å². The van der Waals surface area contributed by atoms with Crippen LogP contribution in [0.15, 0.2) is 84.0 Å². The molecule has 23 heavy (non-hydrogen) atoms. The van der Waals surface area contributed by atoms with Gasteiger partial charge in [0.05, 0.1) is 0 Å². The van der Waals surface area contributed by atoms with Crippen LogP contribution in [-0.2, 0) is 0 Å².